The Morgan fingerprint density at radius 1 is 1.42 bits per heavy atom. The Hall–Kier alpha value is -2.95. The van der Waals surface area contributed by atoms with Crippen LogP contribution >= 0.6 is 0 Å². The molecule has 134 valence electrons. The van der Waals surface area contributed by atoms with E-state index in [1.807, 2.05) is 24.0 Å². The third kappa shape index (κ3) is 3.38. The molecular weight excluding hydrogens is 326 g/mol. The van der Waals surface area contributed by atoms with Crippen molar-refractivity contribution in [3.63, 3.8) is 0 Å². The molecule has 0 bridgehead atoms. The summed E-state index contributed by atoms with van der Waals surface area (Å²) in [5.74, 6) is 0.476. The van der Waals surface area contributed by atoms with Crippen LogP contribution in [0.25, 0.3) is 5.70 Å². The lowest BCUT2D eigenvalue weighted by Crippen LogP contribution is -2.36. The Kier molecular flexibility index (Phi) is 5.16. The summed E-state index contributed by atoms with van der Waals surface area (Å²) in [5, 5.41) is 0. The minimum atomic E-state index is 0.0259. The Morgan fingerprint density at radius 3 is 2.96 bits per heavy atom. The molecule has 1 aromatic carbocycles. The van der Waals surface area contributed by atoms with E-state index in [0.717, 1.165) is 29.0 Å². The molecule has 0 spiro atoms. The molecule has 0 aromatic heterocycles. The van der Waals surface area contributed by atoms with Crippen molar-refractivity contribution in [2.75, 3.05) is 20.2 Å². The Balaban J connectivity index is 2.08. The van der Waals surface area contributed by atoms with Gasteiger partial charge in [-0.3, -0.25) is 9.79 Å². The maximum absolute atomic E-state index is 12.6. The molecule has 2 aliphatic heterocycles. The fourth-order valence-corrected chi connectivity index (χ4v) is 3.33. The number of aliphatic imine (C=N–C) groups is 2. The fraction of sp³-hybridized carbons (Fsp3) is 0.286. The second-order valence-corrected chi connectivity index (χ2v) is 6.31. The number of rotatable bonds is 3. The van der Waals surface area contributed by atoms with E-state index in [2.05, 4.69) is 35.6 Å². The van der Waals surface area contributed by atoms with Crippen molar-refractivity contribution in [3.8, 4) is 0 Å². The molecule has 0 N–H and O–H groups in total. The first-order chi connectivity index (χ1) is 12.5. The highest BCUT2D eigenvalue weighted by Crippen LogP contribution is 2.32. The minimum absolute atomic E-state index is 0.0259. The SMILES string of the molecule is C=CN=C(C=C(C)C1=NCC(=O)N2CCc3c(C)cccc3C2=C1)OC. The van der Waals surface area contributed by atoms with Crippen molar-refractivity contribution in [1.82, 2.24) is 4.90 Å². The number of hydrogen-bond donors (Lipinski definition) is 0. The zero-order chi connectivity index (χ0) is 18.7. The average molecular weight is 349 g/mol. The van der Waals surface area contributed by atoms with Crippen LogP contribution in [0.15, 0.2) is 58.7 Å². The van der Waals surface area contributed by atoms with Gasteiger partial charge in [0.05, 0.1) is 18.5 Å². The highest BCUT2D eigenvalue weighted by molar-refractivity contribution is 6.16. The van der Waals surface area contributed by atoms with Crippen LogP contribution in [0.4, 0.5) is 0 Å². The summed E-state index contributed by atoms with van der Waals surface area (Å²) in [6.45, 7) is 8.47. The zero-order valence-corrected chi connectivity index (χ0v) is 15.5. The van der Waals surface area contributed by atoms with E-state index in [1.165, 1.54) is 17.3 Å². The van der Waals surface area contributed by atoms with Gasteiger partial charge in [-0.05, 0) is 43.0 Å². The Morgan fingerprint density at radius 2 is 2.23 bits per heavy atom. The fourth-order valence-electron chi connectivity index (χ4n) is 3.33. The van der Waals surface area contributed by atoms with E-state index in [-0.39, 0.29) is 12.5 Å². The number of carbonyl (C=O) groups is 1. The summed E-state index contributed by atoms with van der Waals surface area (Å²) < 4.78 is 5.23. The number of ether oxygens (including phenoxy) is 1. The highest BCUT2D eigenvalue weighted by Gasteiger charge is 2.28. The van der Waals surface area contributed by atoms with Crippen LogP contribution in [0.2, 0.25) is 0 Å². The van der Waals surface area contributed by atoms with E-state index in [1.54, 1.807) is 13.2 Å². The second-order valence-electron chi connectivity index (χ2n) is 6.31. The number of allylic oxidation sites excluding steroid dienone is 2. The summed E-state index contributed by atoms with van der Waals surface area (Å²) in [7, 11) is 1.56. The molecule has 2 heterocycles. The quantitative estimate of drug-likeness (QED) is 0.621. The van der Waals surface area contributed by atoms with Crippen molar-refractivity contribution < 1.29 is 9.53 Å². The second kappa shape index (κ2) is 7.52. The topological polar surface area (TPSA) is 54.3 Å². The molecule has 0 radical (unpaired) electrons. The number of fused-ring (bicyclic) bond motifs is 3. The predicted octanol–water partition coefficient (Wildman–Crippen LogP) is 3.31. The van der Waals surface area contributed by atoms with Gasteiger partial charge < -0.3 is 9.64 Å². The van der Waals surface area contributed by atoms with Gasteiger partial charge in [0.1, 0.15) is 6.54 Å². The molecular formula is C21H23N3O2. The molecule has 5 heteroatoms. The van der Waals surface area contributed by atoms with Crippen LogP contribution in [0.5, 0.6) is 0 Å². The van der Waals surface area contributed by atoms with Crippen molar-refractivity contribution in [1.29, 1.82) is 0 Å². The normalized spacial score (nSPS) is 17.7. The molecule has 0 fully saturated rings. The first-order valence-corrected chi connectivity index (χ1v) is 8.62. The van der Waals surface area contributed by atoms with Crippen molar-refractivity contribution in [3.05, 3.63) is 65.4 Å². The van der Waals surface area contributed by atoms with Crippen LogP contribution in [-0.4, -0.2) is 42.6 Å². The first kappa shape index (κ1) is 17.9. The molecule has 0 saturated carbocycles. The molecule has 0 atom stereocenters. The predicted molar refractivity (Wildman–Crippen MR) is 105 cm³/mol. The molecule has 0 aliphatic carbocycles. The van der Waals surface area contributed by atoms with Crippen molar-refractivity contribution >= 4 is 23.2 Å². The van der Waals surface area contributed by atoms with E-state index in [9.17, 15) is 4.79 Å². The van der Waals surface area contributed by atoms with Gasteiger partial charge >= 0.3 is 0 Å². The maximum atomic E-state index is 12.6. The molecule has 3 rings (SSSR count). The maximum Gasteiger partial charge on any atom is 0.248 e. The zero-order valence-electron chi connectivity index (χ0n) is 15.5. The van der Waals surface area contributed by atoms with Gasteiger partial charge in [0, 0.05) is 24.4 Å². The van der Waals surface area contributed by atoms with Gasteiger partial charge in [0.2, 0.25) is 11.8 Å². The van der Waals surface area contributed by atoms with Crippen LogP contribution < -0.4 is 0 Å². The third-order valence-corrected chi connectivity index (χ3v) is 4.69. The summed E-state index contributed by atoms with van der Waals surface area (Å²) in [6, 6.07) is 6.23. The van der Waals surface area contributed by atoms with Crippen LogP contribution in [0.1, 0.15) is 23.6 Å². The number of methoxy groups -OCH3 is 1. The molecule has 26 heavy (non-hydrogen) atoms. The van der Waals surface area contributed by atoms with Gasteiger partial charge in [0.15, 0.2) is 0 Å². The van der Waals surface area contributed by atoms with Crippen LogP contribution in [0.3, 0.4) is 0 Å². The molecule has 1 aromatic rings. The van der Waals surface area contributed by atoms with Gasteiger partial charge in [0.25, 0.3) is 0 Å². The van der Waals surface area contributed by atoms with Gasteiger partial charge in [-0.15, -0.1) is 0 Å². The smallest absolute Gasteiger partial charge is 0.248 e. The minimum Gasteiger partial charge on any atom is -0.481 e. The van der Waals surface area contributed by atoms with E-state index in [0.29, 0.717) is 12.4 Å². The summed E-state index contributed by atoms with van der Waals surface area (Å²) >= 11 is 0. The molecule has 0 saturated heterocycles. The van der Waals surface area contributed by atoms with Crippen LogP contribution in [0, 0.1) is 6.92 Å². The van der Waals surface area contributed by atoms with E-state index >= 15 is 0 Å². The average Bonchev–Trinajstić information content (AvgIpc) is 2.81. The molecule has 2 aliphatic rings. The highest BCUT2D eigenvalue weighted by atomic mass is 16.5. The number of amides is 1. The van der Waals surface area contributed by atoms with Gasteiger partial charge in [-0.25, -0.2) is 4.99 Å². The lowest BCUT2D eigenvalue weighted by Gasteiger charge is -2.31. The van der Waals surface area contributed by atoms with Crippen molar-refractivity contribution in [2.24, 2.45) is 9.98 Å². The number of benzene rings is 1. The van der Waals surface area contributed by atoms with Crippen molar-refractivity contribution in [2.45, 2.75) is 20.3 Å². The summed E-state index contributed by atoms with van der Waals surface area (Å²) in [6.07, 6.45) is 6.10. The molecule has 0 unspecified atom stereocenters. The summed E-state index contributed by atoms with van der Waals surface area (Å²) in [4.78, 5) is 23.0. The first-order valence-electron chi connectivity index (χ1n) is 8.62. The van der Waals surface area contributed by atoms with E-state index in [4.69, 9.17) is 4.74 Å². The Labute approximate surface area is 154 Å². The standard InChI is InChI=1S/C21H23N3O2/c1-5-22-20(26-4)11-15(3)18-12-19-17-8-6-7-14(2)16(17)9-10-24(19)21(25)13-23-18/h5-8,11-12H,1,9-10,13H2,2-4H3. The summed E-state index contributed by atoms with van der Waals surface area (Å²) in [5.41, 5.74) is 6.23. The third-order valence-electron chi connectivity index (χ3n) is 4.69. The largest absolute Gasteiger partial charge is 0.481 e. The van der Waals surface area contributed by atoms with Gasteiger partial charge in [-0.2, -0.15) is 0 Å². The number of hydrogen-bond acceptors (Lipinski definition) is 4. The Bertz CT molecular complexity index is 875. The number of nitrogens with zero attached hydrogens (tertiary/aromatic N) is 3. The van der Waals surface area contributed by atoms with Crippen LogP contribution in [-0.2, 0) is 16.0 Å². The molecule has 1 amide bonds. The lowest BCUT2D eigenvalue weighted by atomic mass is 9.91. The monoisotopic (exact) mass is 349 g/mol. The van der Waals surface area contributed by atoms with E-state index < -0.39 is 0 Å². The molecule has 5 nitrogen and oxygen atoms in total. The lowest BCUT2D eigenvalue weighted by molar-refractivity contribution is -0.126. The number of carbonyl (C=O) groups excluding carboxylic acids is 1. The van der Waals surface area contributed by atoms with Gasteiger partial charge in [-0.1, -0.05) is 24.8 Å². The number of aryl methyl sites for hydroxylation is 1.